The van der Waals surface area contributed by atoms with Gasteiger partial charge in [0.25, 0.3) is 5.91 Å². The maximum Gasteiger partial charge on any atom is 0.281 e. The lowest BCUT2D eigenvalue weighted by Crippen LogP contribution is -2.31. The highest BCUT2D eigenvalue weighted by Gasteiger charge is 2.35. The number of nitrogens with zero attached hydrogens (tertiary/aromatic N) is 2. The number of rotatable bonds is 6. The SMILES string of the molecule is COc1ccc(OCC(=O)N2N=C(c3ccc(Cl)cc3)C[C@@H]2c2ccco2)cc1. The molecule has 0 bridgehead atoms. The van der Waals surface area contributed by atoms with Crippen molar-refractivity contribution in [1.29, 1.82) is 0 Å². The Bertz CT molecular complexity index is 998. The van der Waals surface area contributed by atoms with Crippen molar-refractivity contribution in [3.63, 3.8) is 0 Å². The lowest BCUT2D eigenvalue weighted by atomic mass is 10.0. The van der Waals surface area contributed by atoms with Crippen LogP contribution in [0.5, 0.6) is 11.5 Å². The van der Waals surface area contributed by atoms with Gasteiger partial charge in [-0.15, -0.1) is 0 Å². The van der Waals surface area contributed by atoms with Crippen molar-refractivity contribution in [2.75, 3.05) is 13.7 Å². The van der Waals surface area contributed by atoms with E-state index < -0.39 is 0 Å². The van der Waals surface area contributed by atoms with Crippen LogP contribution < -0.4 is 9.47 Å². The monoisotopic (exact) mass is 410 g/mol. The second kappa shape index (κ2) is 8.41. The summed E-state index contributed by atoms with van der Waals surface area (Å²) >= 11 is 5.98. The summed E-state index contributed by atoms with van der Waals surface area (Å²) in [6.45, 7) is -0.138. The van der Waals surface area contributed by atoms with E-state index in [9.17, 15) is 4.79 Å². The van der Waals surface area contributed by atoms with Crippen LogP contribution in [-0.4, -0.2) is 30.3 Å². The molecule has 0 radical (unpaired) electrons. The minimum atomic E-state index is -0.317. The Morgan fingerprint density at radius 1 is 1.14 bits per heavy atom. The van der Waals surface area contributed by atoms with Crippen LogP contribution in [0.1, 0.15) is 23.8 Å². The van der Waals surface area contributed by atoms with E-state index in [-0.39, 0.29) is 18.6 Å². The lowest BCUT2D eigenvalue weighted by Gasteiger charge is -2.20. The largest absolute Gasteiger partial charge is 0.497 e. The van der Waals surface area contributed by atoms with Gasteiger partial charge in [0.2, 0.25) is 0 Å². The molecule has 3 aromatic rings. The molecule has 1 atom stereocenters. The molecule has 4 rings (SSSR count). The lowest BCUT2D eigenvalue weighted by molar-refractivity contribution is -0.135. The highest BCUT2D eigenvalue weighted by molar-refractivity contribution is 6.30. The van der Waals surface area contributed by atoms with E-state index in [1.165, 1.54) is 5.01 Å². The van der Waals surface area contributed by atoms with Gasteiger partial charge in [0.05, 0.1) is 19.1 Å². The van der Waals surface area contributed by atoms with E-state index in [2.05, 4.69) is 5.10 Å². The first-order valence-corrected chi connectivity index (χ1v) is 9.47. The van der Waals surface area contributed by atoms with E-state index >= 15 is 0 Å². The molecule has 1 aromatic heterocycles. The topological polar surface area (TPSA) is 64.3 Å². The normalized spacial score (nSPS) is 15.9. The van der Waals surface area contributed by atoms with Crippen LogP contribution >= 0.6 is 11.6 Å². The molecule has 2 aromatic carbocycles. The number of furan rings is 1. The zero-order valence-corrected chi connectivity index (χ0v) is 16.5. The zero-order valence-electron chi connectivity index (χ0n) is 15.7. The van der Waals surface area contributed by atoms with Gasteiger partial charge in [-0.1, -0.05) is 23.7 Å². The highest BCUT2D eigenvalue weighted by Crippen LogP contribution is 2.33. The number of halogens is 1. The van der Waals surface area contributed by atoms with Crippen molar-refractivity contribution in [2.24, 2.45) is 5.10 Å². The number of ether oxygens (including phenoxy) is 2. The van der Waals surface area contributed by atoms with Crippen LogP contribution in [0.15, 0.2) is 76.4 Å². The Kier molecular flexibility index (Phi) is 5.53. The van der Waals surface area contributed by atoms with Crippen molar-refractivity contribution < 1.29 is 18.7 Å². The first kappa shape index (κ1) is 19.1. The van der Waals surface area contributed by atoms with Gasteiger partial charge >= 0.3 is 0 Å². The molecule has 0 saturated heterocycles. The zero-order chi connectivity index (χ0) is 20.2. The molecule has 0 aliphatic carbocycles. The van der Waals surface area contributed by atoms with Gasteiger partial charge in [0.15, 0.2) is 6.61 Å². The first-order valence-electron chi connectivity index (χ1n) is 9.10. The quantitative estimate of drug-likeness (QED) is 0.591. The molecule has 0 saturated carbocycles. The fraction of sp³-hybridized carbons (Fsp3) is 0.182. The van der Waals surface area contributed by atoms with E-state index in [4.69, 9.17) is 25.5 Å². The average Bonchev–Trinajstić information content (AvgIpc) is 3.43. The second-order valence-corrected chi connectivity index (χ2v) is 6.93. The second-order valence-electron chi connectivity index (χ2n) is 6.49. The molecule has 2 heterocycles. The van der Waals surface area contributed by atoms with Crippen LogP contribution in [0.2, 0.25) is 5.02 Å². The number of hydrazone groups is 1. The van der Waals surface area contributed by atoms with E-state index in [1.54, 1.807) is 55.8 Å². The summed E-state index contributed by atoms with van der Waals surface area (Å²) in [7, 11) is 1.60. The summed E-state index contributed by atoms with van der Waals surface area (Å²) < 4.78 is 16.3. The van der Waals surface area contributed by atoms with E-state index in [1.807, 2.05) is 18.2 Å². The fourth-order valence-corrected chi connectivity index (χ4v) is 3.27. The molecule has 6 nitrogen and oxygen atoms in total. The Balaban J connectivity index is 1.52. The van der Waals surface area contributed by atoms with Gasteiger partial charge < -0.3 is 13.9 Å². The van der Waals surface area contributed by atoms with E-state index in [0.717, 1.165) is 17.0 Å². The Hall–Kier alpha value is -3.25. The Labute approximate surface area is 173 Å². The standard InChI is InChI=1S/C22H19ClN2O4/c1-27-17-8-10-18(11-9-17)29-14-22(26)25-20(21-3-2-12-28-21)13-19(24-25)15-4-6-16(23)7-5-15/h2-12,20H,13-14H2,1H3/t20-/m1/s1. The molecule has 1 amide bonds. The van der Waals surface area contributed by atoms with Crippen molar-refractivity contribution in [3.05, 3.63) is 83.3 Å². The summed E-state index contributed by atoms with van der Waals surface area (Å²) in [5, 5.41) is 6.65. The molecule has 0 unspecified atom stereocenters. The summed E-state index contributed by atoms with van der Waals surface area (Å²) in [4.78, 5) is 12.9. The fourth-order valence-electron chi connectivity index (χ4n) is 3.14. The molecule has 7 heteroatoms. The number of methoxy groups -OCH3 is 1. The Morgan fingerprint density at radius 3 is 2.52 bits per heavy atom. The number of carbonyl (C=O) groups is 1. The summed E-state index contributed by atoms with van der Waals surface area (Å²) in [5.41, 5.74) is 1.71. The van der Waals surface area contributed by atoms with Crippen molar-refractivity contribution in [1.82, 2.24) is 5.01 Å². The Morgan fingerprint density at radius 2 is 1.86 bits per heavy atom. The molecule has 0 fully saturated rings. The van der Waals surface area contributed by atoms with Gasteiger partial charge in [-0.2, -0.15) is 5.10 Å². The molecular formula is C22H19ClN2O4. The third-order valence-electron chi connectivity index (χ3n) is 4.64. The maximum absolute atomic E-state index is 12.9. The number of hydrogen-bond donors (Lipinski definition) is 0. The third-order valence-corrected chi connectivity index (χ3v) is 4.89. The number of amides is 1. The van der Waals surface area contributed by atoms with Crippen LogP contribution in [0, 0.1) is 0 Å². The predicted molar refractivity (Wildman–Crippen MR) is 109 cm³/mol. The smallest absolute Gasteiger partial charge is 0.281 e. The van der Waals surface area contributed by atoms with Gasteiger partial charge in [0.1, 0.15) is 23.3 Å². The molecule has 0 N–H and O–H groups in total. The minimum absolute atomic E-state index is 0.138. The van der Waals surface area contributed by atoms with Crippen LogP contribution in [-0.2, 0) is 4.79 Å². The van der Waals surface area contributed by atoms with Crippen LogP contribution in [0.4, 0.5) is 0 Å². The van der Waals surface area contributed by atoms with E-state index in [0.29, 0.717) is 23.0 Å². The van der Waals surface area contributed by atoms with Gasteiger partial charge in [0, 0.05) is 11.4 Å². The van der Waals surface area contributed by atoms with Crippen LogP contribution in [0.25, 0.3) is 0 Å². The minimum Gasteiger partial charge on any atom is -0.497 e. The molecule has 148 valence electrons. The summed E-state index contributed by atoms with van der Waals surface area (Å²) in [5.74, 6) is 1.72. The first-order chi connectivity index (χ1) is 14.1. The summed E-state index contributed by atoms with van der Waals surface area (Å²) in [6, 6.07) is 17.8. The molecule has 1 aliphatic rings. The average molecular weight is 411 g/mol. The summed E-state index contributed by atoms with van der Waals surface area (Å²) in [6.07, 6.45) is 2.13. The molecular weight excluding hydrogens is 392 g/mol. The van der Waals surface area contributed by atoms with Gasteiger partial charge in [-0.05, 0) is 54.1 Å². The van der Waals surface area contributed by atoms with Crippen LogP contribution in [0.3, 0.4) is 0 Å². The molecule has 29 heavy (non-hydrogen) atoms. The number of hydrogen-bond acceptors (Lipinski definition) is 5. The molecule has 0 spiro atoms. The van der Waals surface area contributed by atoms with Crippen molar-refractivity contribution in [2.45, 2.75) is 12.5 Å². The van der Waals surface area contributed by atoms with Crippen molar-refractivity contribution >= 4 is 23.2 Å². The number of carbonyl (C=O) groups excluding carboxylic acids is 1. The highest BCUT2D eigenvalue weighted by atomic mass is 35.5. The number of benzene rings is 2. The maximum atomic E-state index is 12.9. The van der Waals surface area contributed by atoms with Gasteiger partial charge in [-0.3, -0.25) is 4.79 Å². The van der Waals surface area contributed by atoms with Gasteiger partial charge in [-0.25, -0.2) is 5.01 Å². The third kappa shape index (κ3) is 4.27. The molecule has 1 aliphatic heterocycles. The predicted octanol–water partition coefficient (Wildman–Crippen LogP) is 4.70. The van der Waals surface area contributed by atoms with Crippen molar-refractivity contribution in [3.8, 4) is 11.5 Å².